The van der Waals surface area contributed by atoms with E-state index in [4.69, 9.17) is 9.47 Å². The first-order chi connectivity index (χ1) is 10.5. The summed E-state index contributed by atoms with van der Waals surface area (Å²) in [5.41, 5.74) is 1.74. The molecule has 4 nitrogen and oxygen atoms in total. The highest BCUT2D eigenvalue weighted by atomic mass is 28.3. The maximum absolute atomic E-state index is 10.4. The van der Waals surface area contributed by atoms with Gasteiger partial charge in [0.1, 0.15) is 0 Å². The molecule has 2 N–H and O–H groups in total. The first kappa shape index (κ1) is 21.1. The van der Waals surface area contributed by atoms with Gasteiger partial charge in [0.2, 0.25) is 0 Å². The van der Waals surface area contributed by atoms with Gasteiger partial charge < -0.3 is 19.7 Å². The monoisotopic (exact) mass is 346 g/mol. The van der Waals surface area contributed by atoms with Gasteiger partial charge in [-0.15, -0.1) is 0 Å². The normalized spacial score (nSPS) is 26.5. The van der Waals surface area contributed by atoms with Crippen LogP contribution in [-0.4, -0.2) is 49.5 Å². The Kier molecular flexibility index (Phi) is 7.30. The van der Waals surface area contributed by atoms with Crippen molar-refractivity contribution >= 4 is 8.07 Å². The maximum Gasteiger partial charge on any atom is 0.163 e. The molecule has 0 amide bonds. The lowest BCUT2D eigenvalue weighted by atomic mass is 10.1. The van der Waals surface area contributed by atoms with E-state index < -0.39 is 13.9 Å². The molecule has 0 aromatic heterocycles. The Morgan fingerprint density at radius 1 is 0.913 bits per heavy atom. The van der Waals surface area contributed by atoms with Crippen molar-refractivity contribution in [1.29, 1.82) is 0 Å². The van der Waals surface area contributed by atoms with E-state index in [0.29, 0.717) is 23.0 Å². The minimum absolute atomic E-state index is 0.0817. The molecule has 0 aromatic carbocycles. The molecule has 5 heteroatoms. The molecule has 0 aromatic rings. The van der Waals surface area contributed by atoms with Crippen molar-refractivity contribution in [1.82, 2.24) is 0 Å². The number of rotatable bonds is 8. The van der Waals surface area contributed by atoms with Crippen LogP contribution >= 0.6 is 0 Å². The van der Waals surface area contributed by atoms with Gasteiger partial charge in [-0.2, -0.15) is 0 Å². The molecule has 3 atom stereocenters. The van der Waals surface area contributed by atoms with Crippen molar-refractivity contribution in [2.75, 3.05) is 13.2 Å². The van der Waals surface area contributed by atoms with E-state index in [1.165, 1.54) is 0 Å². The molecule has 1 aliphatic heterocycles. The number of aliphatic hydroxyl groups is 2. The highest BCUT2D eigenvalue weighted by Crippen LogP contribution is 2.53. The van der Waals surface area contributed by atoms with E-state index in [2.05, 4.69) is 41.5 Å². The predicted octanol–water partition coefficient (Wildman–Crippen LogP) is 3.93. The second-order valence-electron chi connectivity index (χ2n) is 8.40. The number of hydrogen-bond acceptors (Lipinski definition) is 4. The Morgan fingerprint density at radius 2 is 1.39 bits per heavy atom. The van der Waals surface area contributed by atoms with Crippen LogP contribution in [0.15, 0.2) is 0 Å². The van der Waals surface area contributed by atoms with Crippen LogP contribution in [0.2, 0.25) is 22.2 Å². The predicted molar refractivity (Wildman–Crippen MR) is 97.4 cm³/mol. The van der Waals surface area contributed by atoms with Gasteiger partial charge in [0, 0.05) is 18.8 Å². The van der Waals surface area contributed by atoms with Gasteiger partial charge in [-0.3, -0.25) is 0 Å². The van der Waals surface area contributed by atoms with Crippen molar-refractivity contribution in [2.24, 2.45) is 0 Å². The second kappa shape index (κ2) is 7.96. The van der Waals surface area contributed by atoms with Crippen LogP contribution in [0.25, 0.3) is 0 Å². The number of ether oxygens (including phenoxy) is 2. The van der Waals surface area contributed by atoms with Crippen molar-refractivity contribution in [3.63, 3.8) is 0 Å². The molecule has 1 saturated heterocycles. The fourth-order valence-electron chi connectivity index (χ4n) is 5.39. The van der Waals surface area contributed by atoms with Crippen molar-refractivity contribution in [3.8, 4) is 0 Å². The molecule has 1 heterocycles. The van der Waals surface area contributed by atoms with Gasteiger partial charge in [0.15, 0.2) is 5.79 Å². The van der Waals surface area contributed by atoms with E-state index in [1.54, 1.807) is 0 Å². The van der Waals surface area contributed by atoms with Gasteiger partial charge in [-0.25, -0.2) is 0 Å². The Morgan fingerprint density at radius 3 is 1.74 bits per heavy atom. The van der Waals surface area contributed by atoms with E-state index >= 15 is 0 Å². The van der Waals surface area contributed by atoms with Gasteiger partial charge in [-0.05, 0) is 20.3 Å². The fraction of sp³-hybridized carbons (Fsp3) is 1.00. The van der Waals surface area contributed by atoms with Gasteiger partial charge >= 0.3 is 0 Å². The van der Waals surface area contributed by atoms with Crippen LogP contribution < -0.4 is 0 Å². The highest BCUT2D eigenvalue weighted by Gasteiger charge is 2.56. The molecule has 0 aliphatic carbocycles. The molecule has 23 heavy (non-hydrogen) atoms. The summed E-state index contributed by atoms with van der Waals surface area (Å²) < 4.78 is 12.3. The first-order valence-corrected chi connectivity index (χ1v) is 11.4. The Bertz CT molecular complexity index is 346. The SMILES string of the molecule is CC(C)[Si](C(C)C)(C(C)C)[C@@H](CO)[C@@H]1OC(C)(C)O[C@H]1CCO. The summed E-state index contributed by atoms with van der Waals surface area (Å²) in [6.45, 7) is 17.9. The highest BCUT2D eigenvalue weighted by molar-refractivity contribution is 6.85. The molecule has 0 bridgehead atoms. The average Bonchev–Trinajstić information content (AvgIpc) is 2.69. The molecular weight excluding hydrogens is 308 g/mol. The van der Waals surface area contributed by atoms with Gasteiger partial charge in [-0.1, -0.05) is 58.2 Å². The molecule has 1 fully saturated rings. The third-order valence-corrected chi connectivity index (χ3v) is 13.7. The van der Waals surface area contributed by atoms with E-state index in [0.717, 1.165) is 0 Å². The summed E-state index contributed by atoms with van der Waals surface area (Å²) in [6.07, 6.45) is 0.278. The summed E-state index contributed by atoms with van der Waals surface area (Å²) in [7, 11) is -1.89. The maximum atomic E-state index is 10.4. The smallest absolute Gasteiger partial charge is 0.163 e. The van der Waals surface area contributed by atoms with Crippen LogP contribution in [0.4, 0.5) is 0 Å². The first-order valence-electron chi connectivity index (χ1n) is 9.11. The van der Waals surface area contributed by atoms with Crippen molar-refractivity contribution < 1.29 is 19.7 Å². The third-order valence-electron chi connectivity index (χ3n) is 5.87. The molecule has 0 radical (unpaired) electrons. The number of aliphatic hydroxyl groups excluding tert-OH is 2. The van der Waals surface area contributed by atoms with Crippen molar-refractivity contribution in [3.05, 3.63) is 0 Å². The van der Waals surface area contributed by atoms with Crippen molar-refractivity contribution in [2.45, 2.75) is 102 Å². The third kappa shape index (κ3) is 4.01. The van der Waals surface area contributed by atoms with Gasteiger partial charge in [0.05, 0.1) is 20.3 Å². The molecule has 1 rings (SSSR count). The van der Waals surface area contributed by atoms with Gasteiger partial charge in [0.25, 0.3) is 0 Å². The Labute approximate surface area is 143 Å². The zero-order valence-corrected chi connectivity index (χ0v) is 17.3. The fourth-order valence-corrected chi connectivity index (χ4v) is 13.1. The van der Waals surface area contributed by atoms with Crippen LogP contribution in [0, 0.1) is 0 Å². The summed E-state index contributed by atoms with van der Waals surface area (Å²) >= 11 is 0. The lowest BCUT2D eigenvalue weighted by Crippen LogP contribution is -2.55. The molecular formula is C18H38O4Si. The lowest BCUT2D eigenvalue weighted by Gasteiger charge is -2.50. The van der Waals surface area contributed by atoms with E-state index in [1.807, 2.05) is 13.8 Å². The van der Waals surface area contributed by atoms with Crippen LogP contribution in [0.1, 0.15) is 61.8 Å². The molecule has 0 unspecified atom stereocenters. The molecule has 1 aliphatic rings. The molecule has 0 spiro atoms. The van der Waals surface area contributed by atoms with Crippen LogP contribution in [0.3, 0.4) is 0 Å². The Balaban J connectivity index is 3.31. The molecule has 138 valence electrons. The summed E-state index contributed by atoms with van der Waals surface area (Å²) in [6, 6.07) is 0. The zero-order valence-electron chi connectivity index (χ0n) is 16.3. The second-order valence-corrected chi connectivity index (χ2v) is 14.6. The summed E-state index contributed by atoms with van der Waals surface area (Å²) in [5, 5.41) is 19.8. The summed E-state index contributed by atoms with van der Waals surface area (Å²) in [5.74, 6) is -0.650. The minimum atomic E-state index is -1.89. The number of hydrogen-bond donors (Lipinski definition) is 2. The zero-order chi connectivity index (χ0) is 18.0. The standard InChI is InChI=1S/C18H38O4Si/c1-12(2)23(13(3)4,14(5)6)16(11-20)17-15(9-10-19)21-18(7,8)22-17/h12-17,19-20H,9-11H2,1-8H3/t15-,16-,17+/m0/s1. The molecule has 0 saturated carbocycles. The largest absolute Gasteiger partial charge is 0.396 e. The quantitative estimate of drug-likeness (QED) is 0.654. The van der Waals surface area contributed by atoms with E-state index in [-0.39, 0.29) is 31.0 Å². The lowest BCUT2D eigenvalue weighted by molar-refractivity contribution is -0.148. The Hall–Kier alpha value is 0.0569. The summed E-state index contributed by atoms with van der Waals surface area (Å²) in [4.78, 5) is 0. The van der Waals surface area contributed by atoms with E-state index in [9.17, 15) is 10.2 Å². The average molecular weight is 347 g/mol. The topological polar surface area (TPSA) is 58.9 Å². The van der Waals surface area contributed by atoms with Crippen LogP contribution in [-0.2, 0) is 9.47 Å². The van der Waals surface area contributed by atoms with Crippen LogP contribution in [0.5, 0.6) is 0 Å². The minimum Gasteiger partial charge on any atom is -0.396 e.